The molecule has 0 bridgehead atoms. The average molecular weight is 212 g/mol. The van der Waals surface area contributed by atoms with Crippen molar-refractivity contribution in [2.45, 2.75) is 32.8 Å². The van der Waals surface area contributed by atoms with Gasteiger partial charge >= 0.3 is 0 Å². The molecule has 0 aliphatic heterocycles. The maximum atomic E-state index is 13.3. The van der Waals surface area contributed by atoms with Gasteiger partial charge in [-0.05, 0) is 30.5 Å². The first-order valence-electron chi connectivity index (χ1n) is 5.11. The fourth-order valence-corrected chi connectivity index (χ4v) is 1.22. The van der Waals surface area contributed by atoms with E-state index >= 15 is 0 Å². The molecule has 3 heteroatoms. The number of rotatable bonds is 4. The van der Waals surface area contributed by atoms with E-state index in [-0.39, 0.29) is 24.3 Å². The minimum Gasteiger partial charge on any atom is -0.485 e. The van der Waals surface area contributed by atoms with Gasteiger partial charge in [-0.25, -0.2) is 4.39 Å². The SMILES string of the molecule is CC(CO)Oc1cc(C(C)C)ccc1F. The molecule has 1 aromatic rings. The van der Waals surface area contributed by atoms with E-state index in [1.807, 2.05) is 13.8 Å². The lowest BCUT2D eigenvalue weighted by molar-refractivity contribution is 0.125. The Bertz CT molecular complexity index is 323. The van der Waals surface area contributed by atoms with Crippen molar-refractivity contribution >= 4 is 0 Å². The molecule has 0 saturated heterocycles. The molecule has 1 rings (SSSR count). The van der Waals surface area contributed by atoms with E-state index < -0.39 is 0 Å². The molecule has 0 fully saturated rings. The Morgan fingerprint density at radius 3 is 2.53 bits per heavy atom. The van der Waals surface area contributed by atoms with Crippen LogP contribution in [-0.4, -0.2) is 17.8 Å². The van der Waals surface area contributed by atoms with Crippen LogP contribution in [0.4, 0.5) is 4.39 Å². The lowest BCUT2D eigenvalue weighted by atomic mass is 10.0. The highest BCUT2D eigenvalue weighted by Crippen LogP contribution is 2.24. The topological polar surface area (TPSA) is 29.5 Å². The summed E-state index contributed by atoms with van der Waals surface area (Å²) >= 11 is 0. The first-order valence-corrected chi connectivity index (χ1v) is 5.11. The number of halogens is 1. The number of aliphatic hydroxyl groups is 1. The van der Waals surface area contributed by atoms with Crippen molar-refractivity contribution in [3.05, 3.63) is 29.6 Å². The number of ether oxygens (including phenoxy) is 1. The van der Waals surface area contributed by atoms with Crippen LogP contribution >= 0.6 is 0 Å². The molecule has 2 nitrogen and oxygen atoms in total. The third-order valence-corrected chi connectivity index (χ3v) is 2.21. The van der Waals surface area contributed by atoms with Gasteiger partial charge in [0.25, 0.3) is 0 Å². The summed E-state index contributed by atoms with van der Waals surface area (Å²) in [4.78, 5) is 0. The smallest absolute Gasteiger partial charge is 0.165 e. The summed E-state index contributed by atoms with van der Waals surface area (Å²) in [6.45, 7) is 5.64. The number of hydrogen-bond acceptors (Lipinski definition) is 2. The van der Waals surface area contributed by atoms with Gasteiger partial charge < -0.3 is 9.84 Å². The van der Waals surface area contributed by atoms with E-state index in [0.29, 0.717) is 5.92 Å². The molecular formula is C12H17FO2. The van der Waals surface area contributed by atoms with Crippen LogP contribution in [-0.2, 0) is 0 Å². The van der Waals surface area contributed by atoms with Gasteiger partial charge in [0, 0.05) is 0 Å². The van der Waals surface area contributed by atoms with E-state index in [0.717, 1.165) is 5.56 Å². The van der Waals surface area contributed by atoms with Crippen molar-refractivity contribution in [1.82, 2.24) is 0 Å². The first-order chi connectivity index (χ1) is 7.04. The van der Waals surface area contributed by atoms with Gasteiger partial charge in [0.15, 0.2) is 11.6 Å². The largest absolute Gasteiger partial charge is 0.485 e. The molecular weight excluding hydrogens is 195 g/mol. The predicted octanol–water partition coefficient (Wildman–Crippen LogP) is 2.71. The Labute approximate surface area is 89.7 Å². The summed E-state index contributed by atoms with van der Waals surface area (Å²) in [5.74, 6) is 0.153. The first kappa shape index (κ1) is 12.0. The number of benzene rings is 1. The molecule has 15 heavy (non-hydrogen) atoms. The third-order valence-electron chi connectivity index (χ3n) is 2.21. The second-order valence-electron chi connectivity index (χ2n) is 3.96. The van der Waals surface area contributed by atoms with Crippen molar-refractivity contribution < 1.29 is 14.2 Å². The molecule has 0 aliphatic carbocycles. The fourth-order valence-electron chi connectivity index (χ4n) is 1.22. The average Bonchev–Trinajstić information content (AvgIpc) is 2.20. The van der Waals surface area contributed by atoms with Crippen molar-refractivity contribution in [3.63, 3.8) is 0 Å². The molecule has 0 saturated carbocycles. The van der Waals surface area contributed by atoms with Gasteiger partial charge in [0.1, 0.15) is 6.10 Å². The Morgan fingerprint density at radius 2 is 2.00 bits per heavy atom. The zero-order valence-corrected chi connectivity index (χ0v) is 9.33. The number of aliphatic hydroxyl groups excluding tert-OH is 1. The highest BCUT2D eigenvalue weighted by molar-refractivity contribution is 5.32. The normalized spacial score (nSPS) is 12.9. The van der Waals surface area contributed by atoms with Crippen LogP contribution in [0.5, 0.6) is 5.75 Å². The molecule has 0 amide bonds. The zero-order chi connectivity index (χ0) is 11.4. The molecule has 1 unspecified atom stereocenters. The second-order valence-corrected chi connectivity index (χ2v) is 3.96. The van der Waals surface area contributed by atoms with E-state index in [2.05, 4.69) is 0 Å². The molecule has 0 heterocycles. The van der Waals surface area contributed by atoms with E-state index in [1.54, 1.807) is 19.1 Å². The van der Waals surface area contributed by atoms with Crippen LogP contribution in [0.3, 0.4) is 0 Å². The Morgan fingerprint density at radius 1 is 1.33 bits per heavy atom. The van der Waals surface area contributed by atoms with Crippen LogP contribution in [0.25, 0.3) is 0 Å². The minimum absolute atomic E-state index is 0.120. The molecule has 1 aromatic carbocycles. The van der Waals surface area contributed by atoms with E-state index in [1.165, 1.54) is 6.07 Å². The van der Waals surface area contributed by atoms with Gasteiger partial charge in [-0.1, -0.05) is 19.9 Å². The summed E-state index contributed by atoms with van der Waals surface area (Å²) in [6, 6.07) is 4.83. The summed E-state index contributed by atoms with van der Waals surface area (Å²) < 4.78 is 18.6. The lowest BCUT2D eigenvalue weighted by Crippen LogP contribution is -2.17. The molecule has 0 aromatic heterocycles. The van der Waals surface area contributed by atoms with Crippen LogP contribution in [0, 0.1) is 5.82 Å². The Hall–Kier alpha value is -1.09. The van der Waals surface area contributed by atoms with Gasteiger partial charge in [-0.15, -0.1) is 0 Å². The molecule has 1 N–H and O–H groups in total. The predicted molar refractivity (Wildman–Crippen MR) is 57.7 cm³/mol. The van der Waals surface area contributed by atoms with Crippen LogP contribution < -0.4 is 4.74 Å². The van der Waals surface area contributed by atoms with Crippen molar-refractivity contribution in [2.24, 2.45) is 0 Å². The standard InChI is InChI=1S/C12H17FO2/c1-8(2)10-4-5-11(13)12(6-10)15-9(3)7-14/h4-6,8-9,14H,7H2,1-3H3. The summed E-state index contributed by atoms with van der Waals surface area (Å²) in [6.07, 6.45) is -0.387. The maximum Gasteiger partial charge on any atom is 0.165 e. The van der Waals surface area contributed by atoms with Crippen LogP contribution in [0.15, 0.2) is 18.2 Å². The molecule has 0 aliphatic rings. The fraction of sp³-hybridized carbons (Fsp3) is 0.500. The third kappa shape index (κ3) is 3.20. The number of hydrogen-bond donors (Lipinski definition) is 1. The lowest BCUT2D eigenvalue weighted by Gasteiger charge is -2.14. The molecule has 84 valence electrons. The molecule has 0 radical (unpaired) electrons. The molecule has 0 spiro atoms. The van der Waals surface area contributed by atoms with Crippen LogP contribution in [0.2, 0.25) is 0 Å². The van der Waals surface area contributed by atoms with E-state index in [4.69, 9.17) is 9.84 Å². The van der Waals surface area contributed by atoms with Gasteiger partial charge in [-0.3, -0.25) is 0 Å². The summed E-state index contributed by atoms with van der Waals surface area (Å²) in [5, 5.41) is 8.82. The van der Waals surface area contributed by atoms with E-state index in [9.17, 15) is 4.39 Å². The van der Waals surface area contributed by atoms with Crippen molar-refractivity contribution in [3.8, 4) is 5.75 Å². The van der Waals surface area contributed by atoms with Crippen LogP contribution in [0.1, 0.15) is 32.3 Å². The van der Waals surface area contributed by atoms with Gasteiger partial charge in [0.2, 0.25) is 0 Å². The second kappa shape index (κ2) is 5.12. The molecule has 1 atom stereocenters. The minimum atomic E-state index is -0.389. The summed E-state index contributed by atoms with van der Waals surface area (Å²) in [7, 11) is 0. The quantitative estimate of drug-likeness (QED) is 0.831. The highest BCUT2D eigenvalue weighted by Gasteiger charge is 2.10. The monoisotopic (exact) mass is 212 g/mol. The highest BCUT2D eigenvalue weighted by atomic mass is 19.1. The van der Waals surface area contributed by atoms with Gasteiger partial charge in [0.05, 0.1) is 6.61 Å². The Balaban J connectivity index is 2.90. The summed E-state index contributed by atoms with van der Waals surface area (Å²) in [5.41, 5.74) is 1.02. The van der Waals surface area contributed by atoms with Gasteiger partial charge in [-0.2, -0.15) is 0 Å². The van der Waals surface area contributed by atoms with Crippen molar-refractivity contribution in [2.75, 3.05) is 6.61 Å². The zero-order valence-electron chi connectivity index (χ0n) is 9.33. The Kier molecular flexibility index (Phi) is 4.09. The van der Waals surface area contributed by atoms with Crippen molar-refractivity contribution in [1.29, 1.82) is 0 Å². The maximum absolute atomic E-state index is 13.3.